The van der Waals surface area contributed by atoms with Crippen LogP contribution in [0.1, 0.15) is 23.8 Å². The molecule has 3 rings (SSSR count). The highest BCUT2D eigenvalue weighted by Gasteiger charge is 2.37. The molecule has 0 spiro atoms. The van der Waals surface area contributed by atoms with Crippen LogP contribution in [0.2, 0.25) is 0 Å². The van der Waals surface area contributed by atoms with Crippen molar-refractivity contribution in [1.82, 2.24) is 9.55 Å². The van der Waals surface area contributed by atoms with Gasteiger partial charge in [0, 0.05) is 18.2 Å². The van der Waals surface area contributed by atoms with Gasteiger partial charge in [-0.2, -0.15) is 8.42 Å². The van der Waals surface area contributed by atoms with Gasteiger partial charge in [0.25, 0.3) is 15.7 Å². The largest absolute Gasteiger partial charge is 0.390 e. The molecule has 1 aromatic carbocycles. The maximum Gasteiger partial charge on any atom is 0.330 e. The highest BCUT2D eigenvalue weighted by molar-refractivity contribution is 7.86. The molecule has 0 aliphatic carbocycles. The van der Waals surface area contributed by atoms with Gasteiger partial charge < -0.3 is 9.84 Å². The Morgan fingerprint density at radius 2 is 1.93 bits per heavy atom. The summed E-state index contributed by atoms with van der Waals surface area (Å²) in [6.07, 6.45) is -1.40. The van der Waals surface area contributed by atoms with E-state index in [1.54, 1.807) is 12.1 Å². The summed E-state index contributed by atoms with van der Waals surface area (Å²) in [5, 5.41) is 10.2. The summed E-state index contributed by atoms with van der Waals surface area (Å²) in [6, 6.07) is 6.17. The third kappa shape index (κ3) is 4.19. The maximum atomic E-state index is 12.2. The average Bonchev–Trinajstić information content (AvgIpc) is 2.97. The van der Waals surface area contributed by atoms with E-state index >= 15 is 0 Å². The van der Waals surface area contributed by atoms with Gasteiger partial charge in [-0.15, -0.1) is 0 Å². The number of hydrogen-bond acceptors (Lipinski definition) is 7. The van der Waals surface area contributed by atoms with Crippen LogP contribution in [0.15, 0.2) is 44.9 Å². The number of aryl methyl sites for hydroxylation is 2. The predicted octanol–water partition coefficient (Wildman–Crippen LogP) is 0.207. The molecule has 0 radical (unpaired) electrons. The van der Waals surface area contributed by atoms with Crippen molar-refractivity contribution in [2.75, 3.05) is 6.61 Å². The summed E-state index contributed by atoms with van der Waals surface area (Å²) in [5.41, 5.74) is 0.0535. The number of aliphatic hydroxyl groups excluding tert-OH is 1. The molecule has 9 nitrogen and oxygen atoms in total. The SMILES string of the molecule is Cc1ccc(S(=O)(=O)OC[C@@H]2O[C@H](n3cc(C)c(=O)[nH]c3=O)C[C@H]2O)cc1. The minimum Gasteiger partial charge on any atom is -0.390 e. The maximum absolute atomic E-state index is 12.2. The van der Waals surface area contributed by atoms with Gasteiger partial charge in [0.1, 0.15) is 12.3 Å². The first-order valence-corrected chi connectivity index (χ1v) is 9.70. The second kappa shape index (κ2) is 7.39. The number of ether oxygens (including phenoxy) is 1. The van der Waals surface area contributed by atoms with Crippen LogP contribution in [0, 0.1) is 13.8 Å². The van der Waals surface area contributed by atoms with Crippen LogP contribution in [0.4, 0.5) is 0 Å². The molecular weight excluding hydrogens is 376 g/mol. The lowest BCUT2D eigenvalue weighted by atomic mass is 10.2. The van der Waals surface area contributed by atoms with E-state index in [9.17, 15) is 23.1 Å². The Hall–Kier alpha value is -2.27. The van der Waals surface area contributed by atoms with E-state index < -0.39 is 46.4 Å². The molecule has 3 atom stereocenters. The van der Waals surface area contributed by atoms with Crippen LogP contribution in [0.3, 0.4) is 0 Å². The van der Waals surface area contributed by atoms with Crippen LogP contribution in [0.25, 0.3) is 0 Å². The Bertz CT molecular complexity index is 1040. The van der Waals surface area contributed by atoms with Gasteiger partial charge in [-0.05, 0) is 26.0 Å². The molecule has 2 heterocycles. The van der Waals surface area contributed by atoms with E-state index in [0.29, 0.717) is 5.56 Å². The van der Waals surface area contributed by atoms with Crippen molar-refractivity contribution in [3.63, 3.8) is 0 Å². The third-order valence-corrected chi connectivity index (χ3v) is 5.65. The number of benzene rings is 1. The molecule has 0 bridgehead atoms. The number of aromatic amines is 1. The summed E-state index contributed by atoms with van der Waals surface area (Å²) in [5.74, 6) is 0. The van der Waals surface area contributed by atoms with E-state index in [1.807, 2.05) is 6.92 Å². The number of rotatable bonds is 5. The summed E-state index contributed by atoms with van der Waals surface area (Å²) in [6.45, 7) is 2.97. The Labute approximate surface area is 155 Å². The van der Waals surface area contributed by atoms with Crippen molar-refractivity contribution in [1.29, 1.82) is 0 Å². The molecule has 2 aromatic rings. The van der Waals surface area contributed by atoms with Crippen LogP contribution >= 0.6 is 0 Å². The lowest BCUT2D eigenvalue weighted by Crippen LogP contribution is -2.33. The summed E-state index contributed by atoms with van der Waals surface area (Å²) in [4.78, 5) is 25.6. The summed E-state index contributed by atoms with van der Waals surface area (Å²) >= 11 is 0. The van der Waals surface area contributed by atoms with E-state index in [2.05, 4.69) is 4.98 Å². The normalized spacial score (nSPS) is 22.9. The van der Waals surface area contributed by atoms with Crippen molar-refractivity contribution in [3.05, 3.63) is 62.4 Å². The number of nitrogens with zero attached hydrogens (tertiary/aromatic N) is 1. The molecule has 2 N–H and O–H groups in total. The third-order valence-electron chi connectivity index (χ3n) is 4.36. The zero-order valence-corrected chi connectivity index (χ0v) is 15.6. The fourth-order valence-electron chi connectivity index (χ4n) is 2.77. The molecule has 10 heteroatoms. The Balaban J connectivity index is 1.70. The first kappa shape index (κ1) is 19.5. The smallest absolute Gasteiger partial charge is 0.330 e. The zero-order valence-electron chi connectivity index (χ0n) is 14.8. The minimum atomic E-state index is -4.00. The minimum absolute atomic E-state index is 0.00427. The molecular formula is C17H20N2O7S. The fraction of sp³-hybridized carbons (Fsp3) is 0.412. The summed E-state index contributed by atoms with van der Waals surface area (Å²) in [7, 11) is -4.00. The molecule has 0 amide bonds. The first-order valence-electron chi connectivity index (χ1n) is 8.29. The molecule has 146 valence electrons. The number of nitrogens with one attached hydrogen (secondary N) is 1. The second-order valence-electron chi connectivity index (χ2n) is 6.46. The number of aromatic nitrogens is 2. The van der Waals surface area contributed by atoms with E-state index in [4.69, 9.17) is 8.92 Å². The van der Waals surface area contributed by atoms with Crippen molar-refractivity contribution in [2.24, 2.45) is 0 Å². The molecule has 0 unspecified atom stereocenters. The molecule has 1 aliphatic heterocycles. The number of H-pyrrole nitrogens is 1. The van der Waals surface area contributed by atoms with E-state index in [1.165, 1.54) is 25.3 Å². The highest BCUT2D eigenvalue weighted by atomic mass is 32.2. The Kier molecular flexibility index (Phi) is 5.33. The number of aliphatic hydroxyl groups is 1. The van der Waals surface area contributed by atoms with Gasteiger partial charge >= 0.3 is 5.69 Å². The Morgan fingerprint density at radius 3 is 2.59 bits per heavy atom. The first-order chi connectivity index (χ1) is 12.7. The van der Waals surface area contributed by atoms with Crippen LogP contribution < -0.4 is 11.2 Å². The van der Waals surface area contributed by atoms with Gasteiger partial charge in [0.05, 0.1) is 17.6 Å². The van der Waals surface area contributed by atoms with E-state index in [0.717, 1.165) is 10.1 Å². The molecule has 1 saturated heterocycles. The van der Waals surface area contributed by atoms with E-state index in [-0.39, 0.29) is 11.3 Å². The van der Waals surface area contributed by atoms with Crippen molar-refractivity contribution in [3.8, 4) is 0 Å². The van der Waals surface area contributed by atoms with Gasteiger partial charge in [-0.3, -0.25) is 18.5 Å². The van der Waals surface area contributed by atoms with Crippen LogP contribution in [-0.4, -0.2) is 41.9 Å². The average molecular weight is 396 g/mol. The lowest BCUT2D eigenvalue weighted by molar-refractivity contribution is -0.0400. The fourth-order valence-corrected chi connectivity index (χ4v) is 3.68. The predicted molar refractivity (Wildman–Crippen MR) is 94.9 cm³/mol. The van der Waals surface area contributed by atoms with Gasteiger partial charge in [-0.25, -0.2) is 4.79 Å². The standard InChI is InChI=1S/C17H20N2O7S/c1-10-3-5-12(6-4-10)27(23,24)25-9-14-13(20)7-15(26-14)19-8-11(2)16(21)18-17(19)22/h3-6,8,13-15,20H,7,9H2,1-2H3,(H,18,21,22)/t13-,14+,15+/m1/s1. The van der Waals surface area contributed by atoms with Gasteiger partial charge in [0.2, 0.25) is 0 Å². The highest BCUT2D eigenvalue weighted by Crippen LogP contribution is 2.28. The molecule has 1 aromatic heterocycles. The molecule has 27 heavy (non-hydrogen) atoms. The topological polar surface area (TPSA) is 128 Å². The van der Waals surface area contributed by atoms with Crippen molar-refractivity contribution < 1.29 is 22.4 Å². The molecule has 1 aliphatic rings. The van der Waals surface area contributed by atoms with Crippen LogP contribution in [0.5, 0.6) is 0 Å². The zero-order chi connectivity index (χ0) is 19.8. The van der Waals surface area contributed by atoms with Crippen molar-refractivity contribution >= 4 is 10.1 Å². The lowest BCUT2D eigenvalue weighted by Gasteiger charge is -2.16. The molecule has 1 fully saturated rings. The molecule has 0 saturated carbocycles. The quantitative estimate of drug-likeness (QED) is 0.691. The summed E-state index contributed by atoms with van der Waals surface area (Å²) < 4.78 is 36.2. The van der Waals surface area contributed by atoms with Crippen LogP contribution in [-0.2, 0) is 19.0 Å². The Morgan fingerprint density at radius 1 is 1.26 bits per heavy atom. The van der Waals surface area contributed by atoms with Crippen molar-refractivity contribution in [2.45, 2.75) is 43.6 Å². The van der Waals surface area contributed by atoms with Gasteiger partial charge in [0.15, 0.2) is 0 Å². The number of hydrogen-bond donors (Lipinski definition) is 2. The monoisotopic (exact) mass is 396 g/mol. The van der Waals surface area contributed by atoms with Gasteiger partial charge in [-0.1, -0.05) is 17.7 Å². The second-order valence-corrected chi connectivity index (χ2v) is 8.08.